The van der Waals surface area contributed by atoms with Gasteiger partial charge in [-0.3, -0.25) is 14.6 Å². The Balaban J connectivity index is 1.90. The van der Waals surface area contributed by atoms with Crippen LogP contribution in [0, 0.1) is 0 Å². The number of hydrogen-bond donors (Lipinski definition) is 1. The van der Waals surface area contributed by atoms with E-state index in [0.29, 0.717) is 6.54 Å². The topological polar surface area (TPSA) is 62.3 Å². The highest BCUT2D eigenvalue weighted by molar-refractivity contribution is 5.98. The second kappa shape index (κ2) is 5.23. The minimum atomic E-state index is -0.648. The van der Waals surface area contributed by atoms with Gasteiger partial charge in [-0.1, -0.05) is 25.3 Å². The van der Waals surface area contributed by atoms with Crippen molar-refractivity contribution in [3.8, 4) is 0 Å². The summed E-state index contributed by atoms with van der Waals surface area (Å²) in [6, 6.07) is 5.66. The predicted molar refractivity (Wildman–Crippen MR) is 73.6 cm³/mol. The lowest BCUT2D eigenvalue weighted by Crippen LogP contribution is -2.67. The number of carbonyl (C=O) groups excluding carboxylic acids is 2. The van der Waals surface area contributed by atoms with Gasteiger partial charge in [0, 0.05) is 6.20 Å². The van der Waals surface area contributed by atoms with Gasteiger partial charge in [-0.2, -0.15) is 0 Å². The van der Waals surface area contributed by atoms with E-state index in [1.54, 1.807) is 11.1 Å². The molecule has 1 aromatic heterocycles. The van der Waals surface area contributed by atoms with Crippen LogP contribution in [0.3, 0.4) is 0 Å². The van der Waals surface area contributed by atoms with Gasteiger partial charge >= 0.3 is 0 Å². The maximum atomic E-state index is 12.4. The summed E-state index contributed by atoms with van der Waals surface area (Å²) < 4.78 is 0. The summed E-state index contributed by atoms with van der Waals surface area (Å²) >= 11 is 0. The van der Waals surface area contributed by atoms with E-state index in [0.717, 1.165) is 37.8 Å². The molecular formula is C15H19N3O2. The third-order valence-corrected chi connectivity index (χ3v) is 4.37. The van der Waals surface area contributed by atoms with Crippen LogP contribution in [0.1, 0.15) is 37.8 Å². The summed E-state index contributed by atoms with van der Waals surface area (Å²) in [5.74, 6) is 0.00452. The molecule has 0 atom stereocenters. The molecule has 106 valence electrons. The zero-order chi connectivity index (χ0) is 14.0. The largest absolute Gasteiger partial charge is 0.345 e. The van der Waals surface area contributed by atoms with Gasteiger partial charge in [0.1, 0.15) is 5.54 Å². The average molecular weight is 273 g/mol. The number of hydrogen-bond acceptors (Lipinski definition) is 3. The van der Waals surface area contributed by atoms with Crippen LogP contribution >= 0.6 is 0 Å². The first-order valence-electron chi connectivity index (χ1n) is 7.21. The Morgan fingerprint density at radius 2 is 2.00 bits per heavy atom. The lowest BCUT2D eigenvalue weighted by molar-refractivity contribution is -0.157. The molecule has 1 aromatic rings. The Kier molecular flexibility index (Phi) is 3.42. The standard InChI is InChI=1S/C15H19N3O2/c19-13-10-17-14(20)15(7-3-1-4-8-15)18(13)11-12-6-2-5-9-16-12/h2,5-6,9H,1,3-4,7-8,10-11H2,(H,17,20). The molecular weight excluding hydrogens is 254 g/mol. The first-order chi connectivity index (χ1) is 9.72. The van der Waals surface area contributed by atoms with Gasteiger partial charge in [0.2, 0.25) is 11.8 Å². The minimum absolute atomic E-state index is 0.00264. The third-order valence-electron chi connectivity index (χ3n) is 4.37. The molecule has 2 heterocycles. The fraction of sp³-hybridized carbons (Fsp3) is 0.533. The first kappa shape index (κ1) is 13.1. The number of pyridine rings is 1. The molecule has 1 saturated carbocycles. The number of amides is 2. The summed E-state index contributed by atoms with van der Waals surface area (Å²) in [5.41, 5.74) is 0.186. The average Bonchev–Trinajstić information content (AvgIpc) is 2.50. The van der Waals surface area contributed by atoms with E-state index < -0.39 is 5.54 Å². The van der Waals surface area contributed by atoms with Crippen molar-refractivity contribution in [1.29, 1.82) is 0 Å². The van der Waals surface area contributed by atoms with Crippen LogP contribution in [-0.4, -0.2) is 33.8 Å². The Morgan fingerprint density at radius 1 is 1.20 bits per heavy atom. The van der Waals surface area contributed by atoms with Crippen LogP contribution in [0.4, 0.5) is 0 Å². The fourth-order valence-electron chi connectivity index (χ4n) is 3.30. The van der Waals surface area contributed by atoms with Crippen molar-refractivity contribution in [1.82, 2.24) is 15.2 Å². The lowest BCUT2D eigenvalue weighted by Gasteiger charge is -2.47. The normalized spacial score (nSPS) is 21.9. The van der Waals surface area contributed by atoms with Gasteiger partial charge in [-0.05, 0) is 25.0 Å². The molecule has 2 fully saturated rings. The Labute approximate surface area is 118 Å². The second-order valence-electron chi connectivity index (χ2n) is 5.58. The van der Waals surface area contributed by atoms with Crippen LogP contribution in [0.2, 0.25) is 0 Å². The Bertz CT molecular complexity index is 509. The number of rotatable bonds is 2. The van der Waals surface area contributed by atoms with Crippen molar-refractivity contribution >= 4 is 11.8 Å². The highest BCUT2D eigenvalue weighted by Gasteiger charge is 2.49. The van der Waals surface area contributed by atoms with E-state index >= 15 is 0 Å². The third kappa shape index (κ3) is 2.17. The van der Waals surface area contributed by atoms with Gasteiger partial charge in [0.15, 0.2) is 0 Å². The van der Waals surface area contributed by atoms with E-state index in [1.165, 1.54) is 0 Å². The molecule has 20 heavy (non-hydrogen) atoms. The lowest BCUT2D eigenvalue weighted by atomic mass is 9.78. The first-order valence-corrected chi connectivity index (χ1v) is 7.21. The molecule has 0 bridgehead atoms. The van der Waals surface area contributed by atoms with Crippen LogP contribution in [0.25, 0.3) is 0 Å². The number of carbonyl (C=O) groups is 2. The van der Waals surface area contributed by atoms with Gasteiger partial charge in [0.25, 0.3) is 0 Å². The highest BCUT2D eigenvalue weighted by atomic mass is 16.2. The molecule has 1 saturated heterocycles. The number of aromatic nitrogens is 1. The quantitative estimate of drug-likeness (QED) is 0.882. The molecule has 2 aliphatic rings. The van der Waals surface area contributed by atoms with Crippen molar-refractivity contribution in [2.24, 2.45) is 0 Å². The minimum Gasteiger partial charge on any atom is -0.345 e. The van der Waals surface area contributed by atoms with Crippen molar-refractivity contribution in [3.63, 3.8) is 0 Å². The van der Waals surface area contributed by atoms with Crippen molar-refractivity contribution in [2.45, 2.75) is 44.2 Å². The zero-order valence-corrected chi connectivity index (χ0v) is 11.5. The predicted octanol–water partition coefficient (Wildman–Crippen LogP) is 1.24. The molecule has 0 unspecified atom stereocenters. The summed E-state index contributed by atoms with van der Waals surface area (Å²) in [6.07, 6.45) is 6.38. The van der Waals surface area contributed by atoms with Crippen LogP contribution < -0.4 is 5.32 Å². The monoisotopic (exact) mass is 273 g/mol. The van der Waals surface area contributed by atoms with Crippen LogP contribution in [0.15, 0.2) is 24.4 Å². The molecule has 5 nitrogen and oxygen atoms in total. The van der Waals surface area contributed by atoms with E-state index in [9.17, 15) is 9.59 Å². The number of nitrogens with one attached hydrogen (secondary N) is 1. The number of nitrogens with zero attached hydrogens (tertiary/aromatic N) is 2. The Morgan fingerprint density at radius 3 is 2.70 bits per heavy atom. The molecule has 5 heteroatoms. The van der Waals surface area contributed by atoms with Crippen LogP contribution in [0.5, 0.6) is 0 Å². The van der Waals surface area contributed by atoms with E-state index in [4.69, 9.17) is 0 Å². The van der Waals surface area contributed by atoms with E-state index in [-0.39, 0.29) is 18.4 Å². The molecule has 0 radical (unpaired) electrons. The highest BCUT2D eigenvalue weighted by Crippen LogP contribution is 2.36. The second-order valence-corrected chi connectivity index (χ2v) is 5.58. The maximum absolute atomic E-state index is 12.4. The van der Waals surface area contributed by atoms with Crippen molar-refractivity contribution in [3.05, 3.63) is 30.1 Å². The maximum Gasteiger partial charge on any atom is 0.246 e. The summed E-state index contributed by atoms with van der Waals surface area (Å²) in [7, 11) is 0. The molecule has 2 amide bonds. The zero-order valence-electron chi connectivity index (χ0n) is 11.5. The van der Waals surface area contributed by atoms with E-state index in [2.05, 4.69) is 10.3 Å². The molecule has 1 spiro atoms. The molecule has 3 rings (SSSR count). The molecule has 1 aliphatic heterocycles. The molecule has 1 aliphatic carbocycles. The summed E-state index contributed by atoms with van der Waals surface area (Å²) in [6.45, 7) is 0.528. The van der Waals surface area contributed by atoms with Gasteiger partial charge < -0.3 is 10.2 Å². The van der Waals surface area contributed by atoms with Crippen LogP contribution in [-0.2, 0) is 16.1 Å². The molecule has 0 aromatic carbocycles. The van der Waals surface area contributed by atoms with Gasteiger partial charge in [0.05, 0.1) is 18.8 Å². The summed E-state index contributed by atoms with van der Waals surface area (Å²) in [4.78, 5) is 30.7. The summed E-state index contributed by atoms with van der Waals surface area (Å²) in [5, 5.41) is 2.76. The van der Waals surface area contributed by atoms with E-state index in [1.807, 2.05) is 18.2 Å². The van der Waals surface area contributed by atoms with Gasteiger partial charge in [-0.15, -0.1) is 0 Å². The number of piperazine rings is 1. The molecule has 1 N–H and O–H groups in total. The fourth-order valence-corrected chi connectivity index (χ4v) is 3.30. The Hall–Kier alpha value is -1.91. The van der Waals surface area contributed by atoms with Gasteiger partial charge in [-0.25, -0.2) is 0 Å². The van der Waals surface area contributed by atoms with Crippen molar-refractivity contribution < 1.29 is 9.59 Å². The smallest absolute Gasteiger partial charge is 0.246 e. The SMILES string of the molecule is O=C1CNC(=O)C2(CCCCC2)N1Cc1ccccn1. The van der Waals surface area contributed by atoms with Crippen molar-refractivity contribution in [2.75, 3.05) is 6.54 Å².